The number of amides is 2. The third-order valence-electron chi connectivity index (χ3n) is 4.41. The molecule has 2 aliphatic carbocycles. The summed E-state index contributed by atoms with van der Waals surface area (Å²) in [6.07, 6.45) is 3.65. The first-order valence-corrected chi connectivity index (χ1v) is 7.43. The molecule has 2 saturated carbocycles. The Morgan fingerprint density at radius 1 is 0.950 bits per heavy atom. The number of primary amides is 1. The van der Waals surface area contributed by atoms with Gasteiger partial charge in [-0.05, 0) is 38.5 Å². The highest BCUT2D eigenvalue weighted by molar-refractivity contribution is 5.83. The van der Waals surface area contributed by atoms with Crippen molar-refractivity contribution in [3.63, 3.8) is 0 Å². The molecule has 0 heterocycles. The molecule has 2 fully saturated rings. The Kier molecular flexibility index (Phi) is 4.99. The number of carbonyl (C=O) groups is 2. The van der Waals surface area contributed by atoms with E-state index in [1.807, 2.05) is 4.90 Å². The molecule has 0 radical (unpaired) electrons. The van der Waals surface area contributed by atoms with Crippen LogP contribution in [0.1, 0.15) is 51.4 Å². The summed E-state index contributed by atoms with van der Waals surface area (Å²) < 4.78 is 0. The van der Waals surface area contributed by atoms with Gasteiger partial charge in [0.1, 0.15) is 0 Å². The maximum absolute atomic E-state index is 12.4. The lowest BCUT2D eigenvalue weighted by Crippen LogP contribution is -2.46. The zero-order chi connectivity index (χ0) is 14.7. The lowest BCUT2D eigenvalue weighted by Gasteiger charge is -2.34. The van der Waals surface area contributed by atoms with Gasteiger partial charge in [-0.15, -0.1) is 0 Å². The van der Waals surface area contributed by atoms with Crippen LogP contribution in [0, 0.1) is 0 Å². The number of nitrogens with zero attached hydrogens (tertiary/aromatic N) is 1. The highest BCUT2D eigenvalue weighted by Crippen LogP contribution is 2.32. The normalized spacial score (nSPS) is 33.3. The molecule has 0 bridgehead atoms. The van der Waals surface area contributed by atoms with Gasteiger partial charge in [0.05, 0.1) is 12.2 Å². The Balaban J connectivity index is 2.03. The van der Waals surface area contributed by atoms with E-state index in [0.717, 1.165) is 12.8 Å². The summed E-state index contributed by atoms with van der Waals surface area (Å²) in [5.41, 5.74) is 5.10. The van der Waals surface area contributed by atoms with Crippen LogP contribution >= 0.6 is 0 Å². The van der Waals surface area contributed by atoms with Crippen molar-refractivity contribution in [1.29, 1.82) is 0 Å². The standard InChI is InChI=1S/C14H24N2O4/c15-13(19)5-6-14(20)16(9-1-3-11(17)7-9)10-2-4-12(18)8-10/h9-12,17-18H,1-8H2,(H2,15,19). The Labute approximate surface area is 118 Å². The lowest BCUT2D eigenvalue weighted by molar-refractivity contribution is -0.137. The molecule has 6 heteroatoms. The van der Waals surface area contributed by atoms with E-state index in [-0.39, 0.29) is 43.0 Å². The highest BCUT2D eigenvalue weighted by Gasteiger charge is 2.38. The molecule has 4 N–H and O–H groups in total. The summed E-state index contributed by atoms with van der Waals surface area (Å²) in [6.45, 7) is 0. The minimum absolute atomic E-state index is 0.0284. The van der Waals surface area contributed by atoms with Gasteiger partial charge in [-0.3, -0.25) is 9.59 Å². The first-order chi connectivity index (χ1) is 9.47. The molecule has 2 aliphatic rings. The van der Waals surface area contributed by atoms with E-state index < -0.39 is 5.91 Å². The molecule has 0 aliphatic heterocycles. The Hall–Kier alpha value is -1.14. The quantitative estimate of drug-likeness (QED) is 0.656. The molecule has 4 unspecified atom stereocenters. The molecule has 2 amide bonds. The number of aliphatic hydroxyl groups is 2. The molecule has 2 rings (SSSR count). The number of hydrogen-bond acceptors (Lipinski definition) is 4. The molecule has 0 saturated heterocycles. The largest absolute Gasteiger partial charge is 0.393 e. The number of hydrogen-bond donors (Lipinski definition) is 3. The van der Waals surface area contributed by atoms with Gasteiger partial charge < -0.3 is 20.8 Å². The number of nitrogens with two attached hydrogens (primary N) is 1. The molecule has 0 aromatic heterocycles. The van der Waals surface area contributed by atoms with Gasteiger partial charge in [0, 0.05) is 24.9 Å². The van der Waals surface area contributed by atoms with Crippen LogP contribution in [0.25, 0.3) is 0 Å². The number of aliphatic hydroxyl groups excluding tert-OH is 2. The van der Waals surface area contributed by atoms with Crippen LogP contribution in [-0.4, -0.2) is 51.2 Å². The second kappa shape index (κ2) is 6.54. The highest BCUT2D eigenvalue weighted by atomic mass is 16.3. The van der Waals surface area contributed by atoms with Crippen molar-refractivity contribution in [2.75, 3.05) is 0 Å². The molecular formula is C14H24N2O4. The van der Waals surface area contributed by atoms with Gasteiger partial charge >= 0.3 is 0 Å². The third kappa shape index (κ3) is 3.70. The SMILES string of the molecule is NC(=O)CCC(=O)N(C1CCC(O)C1)C1CCC(O)C1. The van der Waals surface area contributed by atoms with Crippen LogP contribution in [0.5, 0.6) is 0 Å². The van der Waals surface area contributed by atoms with Crippen LogP contribution in [0.3, 0.4) is 0 Å². The van der Waals surface area contributed by atoms with E-state index in [0.29, 0.717) is 25.7 Å². The summed E-state index contributed by atoms with van der Waals surface area (Å²) in [6, 6.07) is 0.0568. The van der Waals surface area contributed by atoms with E-state index in [2.05, 4.69) is 0 Å². The number of rotatable bonds is 5. The van der Waals surface area contributed by atoms with Crippen LogP contribution < -0.4 is 5.73 Å². The van der Waals surface area contributed by atoms with Gasteiger partial charge in [0.25, 0.3) is 0 Å². The summed E-state index contributed by atoms with van der Waals surface area (Å²) in [7, 11) is 0. The molecule has 0 aromatic rings. The van der Waals surface area contributed by atoms with Crippen LogP contribution in [0.2, 0.25) is 0 Å². The fourth-order valence-corrected chi connectivity index (χ4v) is 3.44. The van der Waals surface area contributed by atoms with Gasteiger partial charge in [0.2, 0.25) is 11.8 Å². The first-order valence-electron chi connectivity index (χ1n) is 7.43. The van der Waals surface area contributed by atoms with E-state index in [9.17, 15) is 19.8 Å². The van der Waals surface area contributed by atoms with E-state index in [1.54, 1.807) is 0 Å². The van der Waals surface area contributed by atoms with Crippen LogP contribution in [-0.2, 0) is 9.59 Å². The predicted molar refractivity (Wildman–Crippen MR) is 72.6 cm³/mol. The smallest absolute Gasteiger partial charge is 0.223 e. The minimum atomic E-state index is -0.476. The van der Waals surface area contributed by atoms with E-state index in [1.165, 1.54) is 0 Å². The Bertz CT molecular complexity index is 354. The predicted octanol–water partition coefficient (Wildman–Crippen LogP) is -0.0927. The van der Waals surface area contributed by atoms with Crippen molar-refractivity contribution < 1.29 is 19.8 Å². The van der Waals surface area contributed by atoms with Gasteiger partial charge in [-0.1, -0.05) is 0 Å². The third-order valence-corrected chi connectivity index (χ3v) is 4.41. The zero-order valence-corrected chi connectivity index (χ0v) is 11.7. The average Bonchev–Trinajstić information content (AvgIpc) is 2.97. The van der Waals surface area contributed by atoms with Crippen molar-refractivity contribution in [2.45, 2.75) is 75.7 Å². The van der Waals surface area contributed by atoms with Crippen molar-refractivity contribution in [3.05, 3.63) is 0 Å². The second-order valence-electron chi connectivity index (χ2n) is 6.01. The summed E-state index contributed by atoms with van der Waals surface area (Å²) >= 11 is 0. The maximum atomic E-state index is 12.4. The van der Waals surface area contributed by atoms with Crippen molar-refractivity contribution in [3.8, 4) is 0 Å². The molecule has 114 valence electrons. The fourth-order valence-electron chi connectivity index (χ4n) is 3.44. The van der Waals surface area contributed by atoms with Crippen molar-refractivity contribution in [2.24, 2.45) is 5.73 Å². The topological polar surface area (TPSA) is 104 Å². The molecule has 20 heavy (non-hydrogen) atoms. The van der Waals surface area contributed by atoms with Gasteiger partial charge in [-0.25, -0.2) is 0 Å². The Morgan fingerprint density at radius 2 is 1.45 bits per heavy atom. The first kappa shape index (κ1) is 15.3. The fraction of sp³-hybridized carbons (Fsp3) is 0.857. The molecule has 0 aromatic carbocycles. The lowest BCUT2D eigenvalue weighted by atomic mass is 10.1. The second-order valence-corrected chi connectivity index (χ2v) is 6.01. The Morgan fingerprint density at radius 3 is 1.80 bits per heavy atom. The molecule has 0 spiro atoms. The molecule has 6 nitrogen and oxygen atoms in total. The van der Waals surface area contributed by atoms with Crippen LogP contribution in [0.15, 0.2) is 0 Å². The van der Waals surface area contributed by atoms with E-state index >= 15 is 0 Å². The number of carbonyl (C=O) groups excluding carboxylic acids is 2. The summed E-state index contributed by atoms with van der Waals surface area (Å²) in [5, 5.41) is 19.4. The van der Waals surface area contributed by atoms with Crippen molar-refractivity contribution >= 4 is 11.8 Å². The van der Waals surface area contributed by atoms with E-state index in [4.69, 9.17) is 5.73 Å². The van der Waals surface area contributed by atoms with Crippen LogP contribution in [0.4, 0.5) is 0 Å². The zero-order valence-electron chi connectivity index (χ0n) is 11.7. The maximum Gasteiger partial charge on any atom is 0.223 e. The summed E-state index contributed by atoms with van der Waals surface area (Å²) in [5.74, 6) is -0.557. The summed E-state index contributed by atoms with van der Waals surface area (Å²) in [4.78, 5) is 25.0. The van der Waals surface area contributed by atoms with Crippen molar-refractivity contribution in [1.82, 2.24) is 4.90 Å². The monoisotopic (exact) mass is 284 g/mol. The minimum Gasteiger partial charge on any atom is -0.393 e. The van der Waals surface area contributed by atoms with Gasteiger partial charge in [0.15, 0.2) is 0 Å². The average molecular weight is 284 g/mol. The molecule has 4 atom stereocenters. The van der Waals surface area contributed by atoms with Gasteiger partial charge in [-0.2, -0.15) is 0 Å². The molecular weight excluding hydrogens is 260 g/mol.